The van der Waals surface area contributed by atoms with Gasteiger partial charge in [0, 0.05) is 33.9 Å². The fourth-order valence-electron chi connectivity index (χ4n) is 2.89. The van der Waals surface area contributed by atoms with E-state index in [-0.39, 0.29) is 12.1 Å². The Morgan fingerprint density at radius 3 is 2.00 bits per heavy atom. The molecular formula is C18H22N2O. The lowest BCUT2D eigenvalue weighted by molar-refractivity contribution is 0.170. The van der Waals surface area contributed by atoms with Gasteiger partial charge in [0.25, 0.3) is 0 Å². The molecule has 0 spiro atoms. The first-order chi connectivity index (χ1) is 10.2. The Bertz CT molecular complexity index is 703. The van der Waals surface area contributed by atoms with Crippen LogP contribution in [-0.4, -0.2) is 28.9 Å². The van der Waals surface area contributed by atoms with Gasteiger partial charge in [0.05, 0.1) is 6.61 Å². The largest absolute Gasteiger partial charge is 0.394 e. The van der Waals surface area contributed by atoms with Gasteiger partial charge in [-0.1, -0.05) is 36.4 Å². The summed E-state index contributed by atoms with van der Waals surface area (Å²) in [4.78, 5) is 0. The summed E-state index contributed by atoms with van der Waals surface area (Å²) < 4.78 is 2.36. The maximum absolute atomic E-state index is 9.57. The molecule has 0 bridgehead atoms. The lowest BCUT2D eigenvalue weighted by atomic mass is 9.99. The second-order valence-electron chi connectivity index (χ2n) is 5.90. The van der Waals surface area contributed by atoms with Crippen LogP contribution in [0.5, 0.6) is 0 Å². The van der Waals surface area contributed by atoms with E-state index < -0.39 is 0 Å². The zero-order valence-electron chi connectivity index (χ0n) is 12.6. The Kier molecular flexibility index (Phi) is 3.70. The number of para-hydroxylation sites is 2. The molecule has 0 saturated carbocycles. The van der Waals surface area contributed by atoms with Crippen molar-refractivity contribution < 1.29 is 5.11 Å². The third-order valence-electron chi connectivity index (χ3n) is 4.52. The quantitative estimate of drug-likeness (QED) is 0.754. The SMILES string of the molecule is CNC(C)(CO)CCn1c2ccccc2c2ccccc21. The zero-order valence-corrected chi connectivity index (χ0v) is 12.6. The van der Waals surface area contributed by atoms with Crippen molar-refractivity contribution in [1.29, 1.82) is 0 Å². The number of nitrogens with one attached hydrogen (secondary N) is 1. The van der Waals surface area contributed by atoms with Crippen molar-refractivity contribution in [2.24, 2.45) is 0 Å². The Labute approximate surface area is 125 Å². The number of fused-ring (bicyclic) bond motifs is 3. The molecule has 3 nitrogen and oxygen atoms in total. The van der Waals surface area contributed by atoms with Gasteiger partial charge < -0.3 is 15.0 Å². The van der Waals surface area contributed by atoms with Gasteiger partial charge in [0.2, 0.25) is 0 Å². The maximum atomic E-state index is 9.57. The van der Waals surface area contributed by atoms with E-state index in [1.165, 1.54) is 21.8 Å². The number of hydrogen-bond acceptors (Lipinski definition) is 2. The van der Waals surface area contributed by atoms with Gasteiger partial charge >= 0.3 is 0 Å². The fraction of sp³-hybridized carbons (Fsp3) is 0.333. The number of aliphatic hydroxyl groups is 1. The fourth-order valence-corrected chi connectivity index (χ4v) is 2.89. The third-order valence-corrected chi connectivity index (χ3v) is 4.52. The second-order valence-corrected chi connectivity index (χ2v) is 5.90. The molecule has 1 atom stereocenters. The van der Waals surface area contributed by atoms with Crippen molar-refractivity contribution >= 4 is 21.8 Å². The molecule has 0 fully saturated rings. The van der Waals surface area contributed by atoms with Crippen molar-refractivity contribution in [3.63, 3.8) is 0 Å². The molecule has 0 aliphatic carbocycles. The van der Waals surface area contributed by atoms with E-state index in [4.69, 9.17) is 0 Å². The molecule has 3 rings (SSSR count). The molecule has 2 N–H and O–H groups in total. The number of aliphatic hydroxyl groups excluding tert-OH is 1. The van der Waals surface area contributed by atoms with Gasteiger partial charge in [0.1, 0.15) is 0 Å². The summed E-state index contributed by atoms with van der Waals surface area (Å²) in [5.74, 6) is 0. The van der Waals surface area contributed by atoms with E-state index >= 15 is 0 Å². The van der Waals surface area contributed by atoms with Crippen LogP contribution in [0, 0.1) is 0 Å². The molecule has 0 aliphatic heterocycles. The van der Waals surface area contributed by atoms with E-state index in [1.54, 1.807) is 0 Å². The first-order valence-corrected chi connectivity index (χ1v) is 7.44. The topological polar surface area (TPSA) is 37.2 Å². The molecule has 1 aromatic heterocycles. The lowest BCUT2D eigenvalue weighted by Crippen LogP contribution is -2.44. The van der Waals surface area contributed by atoms with Gasteiger partial charge in [-0.2, -0.15) is 0 Å². The number of likely N-dealkylation sites (N-methyl/N-ethyl adjacent to an activating group) is 1. The van der Waals surface area contributed by atoms with Gasteiger partial charge in [-0.15, -0.1) is 0 Å². The highest BCUT2D eigenvalue weighted by Crippen LogP contribution is 2.29. The minimum absolute atomic E-state index is 0.140. The van der Waals surface area contributed by atoms with Gasteiger partial charge in [-0.05, 0) is 32.5 Å². The highest BCUT2D eigenvalue weighted by molar-refractivity contribution is 6.07. The highest BCUT2D eigenvalue weighted by atomic mass is 16.3. The van der Waals surface area contributed by atoms with Crippen LogP contribution in [0.4, 0.5) is 0 Å². The number of hydrogen-bond donors (Lipinski definition) is 2. The van der Waals surface area contributed by atoms with E-state index in [0.29, 0.717) is 0 Å². The first-order valence-electron chi connectivity index (χ1n) is 7.44. The average molecular weight is 282 g/mol. The predicted octanol–water partition coefficient (Wildman–Crippen LogP) is 3.16. The van der Waals surface area contributed by atoms with Crippen LogP contribution in [0.3, 0.4) is 0 Å². The molecule has 110 valence electrons. The Balaban J connectivity index is 2.08. The van der Waals surface area contributed by atoms with Crippen LogP contribution in [0.25, 0.3) is 21.8 Å². The Hall–Kier alpha value is -1.84. The number of nitrogens with zero attached hydrogens (tertiary/aromatic N) is 1. The van der Waals surface area contributed by atoms with Crippen molar-refractivity contribution in [3.05, 3.63) is 48.5 Å². The van der Waals surface area contributed by atoms with Crippen molar-refractivity contribution in [2.45, 2.75) is 25.4 Å². The predicted molar refractivity (Wildman–Crippen MR) is 88.6 cm³/mol. The molecule has 2 aromatic carbocycles. The van der Waals surface area contributed by atoms with Crippen LogP contribution in [0.2, 0.25) is 0 Å². The number of benzene rings is 2. The molecule has 3 heteroatoms. The van der Waals surface area contributed by atoms with Crippen LogP contribution in [0.1, 0.15) is 13.3 Å². The molecule has 0 saturated heterocycles. The summed E-state index contributed by atoms with van der Waals surface area (Å²) in [6, 6.07) is 17.0. The number of aromatic nitrogens is 1. The summed E-state index contributed by atoms with van der Waals surface area (Å²) in [5, 5.41) is 15.4. The van der Waals surface area contributed by atoms with Crippen molar-refractivity contribution in [2.75, 3.05) is 13.7 Å². The lowest BCUT2D eigenvalue weighted by Gasteiger charge is -2.27. The summed E-state index contributed by atoms with van der Waals surface area (Å²) in [6.45, 7) is 3.08. The summed E-state index contributed by atoms with van der Waals surface area (Å²) in [7, 11) is 1.90. The van der Waals surface area contributed by atoms with Gasteiger partial charge in [0.15, 0.2) is 0 Å². The van der Waals surface area contributed by atoms with E-state index in [1.807, 2.05) is 7.05 Å². The summed E-state index contributed by atoms with van der Waals surface area (Å²) in [6.07, 6.45) is 0.878. The Morgan fingerprint density at radius 1 is 1.00 bits per heavy atom. The van der Waals surface area contributed by atoms with Crippen LogP contribution in [-0.2, 0) is 6.54 Å². The van der Waals surface area contributed by atoms with Crippen LogP contribution in [0.15, 0.2) is 48.5 Å². The average Bonchev–Trinajstić information content (AvgIpc) is 2.87. The zero-order chi connectivity index (χ0) is 14.9. The molecule has 0 aliphatic rings. The maximum Gasteiger partial charge on any atom is 0.0611 e. The van der Waals surface area contributed by atoms with Crippen LogP contribution >= 0.6 is 0 Å². The molecule has 3 aromatic rings. The third kappa shape index (κ3) is 2.43. The smallest absolute Gasteiger partial charge is 0.0611 e. The Morgan fingerprint density at radius 2 is 1.52 bits per heavy atom. The first kappa shape index (κ1) is 14.1. The van der Waals surface area contributed by atoms with Crippen molar-refractivity contribution in [1.82, 2.24) is 9.88 Å². The second kappa shape index (κ2) is 5.51. The standard InChI is InChI=1S/C18H22N2O/c1-18(13-21,19-2)11-12-20-16-9-5-3-7-14(16)15-8-4-6-10-17(15)20/h3-10,19,21H,11-13H2,1-2H3. The molecule has 1 unspecified atom stereocenters. The normalized spacial score (nSPS) is 14.6. The summed E-state index contributed by atoms with van der Waals surface area (Å²) >= 11 is 0. The molecule has 0 radical (unpaired) electrons. The van der Waals surface area contributed by atoms with Gasteiger partial charge in [-0.25, -0.2) is 0 Å². The summed E-state index contributed by atoms with van der Waals surface area (Å²) in [5.41, 5.74) is 2.28. The van der Waals surface area contributed by atoms with E-state index in [0.717, 1.165) is 13.0 Å². The van der Waals surface area contributed by atoms with Crippen LogP contribution < -0.4 is 5.32 Å². The number of aryl methyl sites for hydroxylation is 1. The highest BCUT2D eigenvalue weighted by Gasteiger charge is 2.21. The van der Waals surface area contributed by atoms with Crippen molar-refractivity contribution in [3.8, 4) is 0 Å². The molecule has 21 heavy (non-hydrogen) atoms. The van der Waals surface area contributed by atoms with E-state index in [9.17, 15) is 5.11 Å². The molecule has 0 amide bonds. The minimum atomic E-state index is -0.244. The monoisotopic (exact) mass is 282 g/mol. The van der Waals surface area contributed by atoms with Gasteiger partial charge in [-0.3, -0.25) is 0 Å². The number of rotatable bonds is 5. The molecular weight excluding hydrogens is 260 g/mol. The van der Waals surface area contributed by atoms with E-state index in [2.05, 4.69) is 65.3 Å². The molecule has 1 heterocycles. The minimum Gasteiger partial charge on any atom is -0.394 e.